The maximum atomic E-state index is 4.51. The van der Waals surface area contributed by atoms with Gasteiger partial charge in [0.25, 0.3) is 0 Å². The van der Waals surface area contributed by atoms with Gasteiger partial charge >= 0.3 is 0 Å². The molecule has 0 aliphatic carbocycles. The van der Waals surface area contributed by atoms with Crippen LogP contribution in [0, 0.1) is 0 Å². The zero-order chi connectivity index (χ0) is 12.7. The third-order valence-corrected chi connectivity index (χ3v) is 3.68. The highest BCUT2D eigenvalue weighted by atomic mass is 15.2. The van der Waals surface area contributed by atoms with E-state index in [4.69, 9.17) is 0 Å². The molecule has 3 aromatic rings. The molecule has 0 saturated heterocycles. The highest BCUT2D eigenvalue weighted by Gasteiger charge is 2.16. The van der Waals surface area contributed by atoms with Crippen LogP contribution >= 0.6 is 0 Å². The molecule has 3 heterocycles. The number of pyridine rings is 1. The van der Waals surface area contributed by atoms with Gasteiger partial charge < -0.3 is 9.88 Å². The predicted molar refractivity (Wildman–Crippen MR) is 74.7 cm³/mol. The molecular weight excluding hydrogens is 236 g/mol. The van der Waals surface area contributed by atoms with Crippen molar-refractivity contribution in [2.45, 2.75) is 13.1 Å². The minimum Gasteiger partial charge on any atom is -0.326 e. The van der Waals surface area contributed by atoms with Gasteiger partial charge in [0, 0.05) is 36.4 Å². The van der Waals surface area contributed by atoms with E-state index in [1.165, 1.54) is 22.0 Å². The summed E-state index contributed by atoms with van der Waals surface area (Å²) in [7, 11) is 0. The van der Waals surface area contributed by atoms with Crippen LogP contribution in [0.2, 0.25) is 0 Å². The van der Waals surface area contributed by atoms with Crippen LogP contribution < -0.4 is 5.32 Å². The minimum atomic E-state index is 0.845. The molecule has 0 spiro atoms. The first kappa shape index (κ1) is 10.7. The van der Waals surface area contributed by atoms with E-state index in [0.717, 1.165) is 25.5 Å². The van der Waals surface area contributed by atoms with Crippen molar-refractivity contribution >= 4 is 10.8 Å². The molecule has 4 nitrogen and oxygen atoms in total. The fourth-order valence-corrected chi connectivity index (χ4v) is 2.73. The van der Waals surface area contributed by atoms with Gasteiger partial charge in [0.2, 0.25) is 0 Å². The first-order valence-corrected chi connectivity index (χ1v) is 6.52. The lowest BCUT2D eigenvalue weighted by Crippen LogP contribution is -2.28. The summed E-state index contributed by atoms with van der Waals surface area (Å²) in [5, 5.41) is 5.75. The molecule has 0 saturated carbocycles. The van der Waals surface area contributed by atoms with E-state index in [9.17, 15) is 0 Å². The van der Waals surface area contributed by atoms with Gasteiger partial charge in [-0.2, -0.15) is 0 Å². The molecule has 0 atom stereocenters. The number of rotatable bonds is 1. The van der Waals surface area contributed by atoms with Crippen LogP contribution in [0.5, 0.6) is 0 Å². The Kier molecular flexibility index (Phi) is 2.35. The number of fused-ring (bicyclic) bond motifs is 2. The van der Waals surface area contributed by atoms with E-state index >= 15 is 0 Å². The molecule has 2 aromatic heterocycles. The van der Waals surface area contributed by atoms with Crippen LogP contribution in [0.1, 0.15) is 5.82 Å². The lowest BCUT2D eigenvalue weighted by Gasteiger charge is -2.18. The third-order valence-electron chi connectivity index (χ3n) is 3.68. The molecule has 0 bridgehead atoms. The van der Waals surface area contributed by atoms with Crippen molar-refractivity contribution in [1.82, 2.24) is 19.9 Å². The Bertz CT molecular complexity index is 739. The van der Waals surface area contributed by atoms with E-state index in [0.29, 0.717) is 0 Å². The molecule has 1 aliphatic heterocycles. The fourth-order valence-electron chi connectivity index (χ4n) is 2.73. The first-order valence-electron chi connectivity index (χ1n) is 6.52. The Hall–Kier alpha value is -2.20. The minimum absolute atomic E-state index is 0.845. The molecule has 0 radical (unpaired) electrons. The van der Waals surface area contributed by atoms with Crippen molar-refractivity contribution in [3.8, 4) is 11.3 Å². The van der Waals surface area contributed by atoms with Gasteiger partial charge in [-0.15, -0.1) is 0 Å². The highest BCUT2D eigenvalue weighted by Crippen LogP contribution is 2.28. The van der Waals surface area contributed by atoms with E-state index in [2.05, 4.69) is 38.1 Å². The zero-order valence-electron chi connectivity index (χ0n) is 10.5. The average Bonchev–Trinajstić information content (AvgIpc) is 2.90. The lowest BCUT2D eigenvalue weighted by molar-refractivity contribution is 0.508. The van der Waals surface area contributed by atoms with Crippen molar-refractivity contribution in [3.63, 3.8) is 0 Å². The Balaban J connectivity index is 1.98. The van der Waals surface area contributed by atoms with E-state index in [1.807, 2.05) is 24.7 Å². The van der Waals surface area contributed by atoms with Gasteiger partial charge in [0.15, 0.2) is 0 Å². The smallest absolute Gasteiger partial charge is 0.123 e. The third kappa shape index (κ3) is 1.64. The van der Waals surface area contributed by atoms with E-state index in [-0.39, 0.29) is 0 Å². The molecule has 0 unspecified atom stereocenters. The average molecular weight is 250 g/mol. The maximum Gasteiger partial charge on any atom is 0.123 e. The summed E-state index contributed by atoms with van der Waals surface area (Å²) in [6.45, 7) is 2.81. The summed E-state index contributed by atoms with van der Waals surface area (Å²) < 4.78 is 2.29. The Labute approximate surface area is 111 Å². The highest BCUT2D eigenvalue weighted by molar-refractivity contribution is 5.94. The number of nitrogens with zero attached hydrogens (tertiary/aromatic N) is 3. The summed E-state index contributed by atoms with van der Waals surface area (Å²) in [6.07, 6.45) is 5.81. The number of aromatic nitrogens is 3. The van der Waals surface area contributed by atoms with Gasteiger partial charge in [0.1, 0.15) is 5.82 Å². The topological polar surface area (TPSA) is 42.7 Å². The number of imidazole rings is 1. The number of benzene rings is 1. The van der Waals surface area contributed by atoms with Crippen LogP contribution in [0.4, 0.5) is 0 Å². The summed E-state index contributed by atoms with van der Waals surface area (Å²) in [5.41, 5.74) is 2.33. The summed E-state index contributed by atoms with van der Waals surface area (Å²) in [4.78, 5) is 8.87. The van der Waals surface area contributed by atoms with Crippen molar-refractivity contribution in [2.24, 2.45) is 0 Å². The molecule has 94 valence electrons. The quantitative estimate of drug-likeness (QED) is 0.720. The molecule has 1 N–H and O–H groups in total. The predicted octanol–water partition coefficient (Wildman–Crippen LogP) is 2.20. The molecule has 1 aromatic carbocycles. The van der Waals surface area contributed by atoms with Crippen LogP contribution in [-0.2, 0) is 13.1 Å². The normalized spacial score (nSPS) is 14.5. The van der Waals surface area contributed by atoms with Gasteiger partial charge in [0.05, 0.1) is 18.4 Å². The fraction of sp³-hybridized carbons (Fsp3) is 0.200. The maximum absolute atomic E-state index is 4.51. The van der Waals surface area contributed by atoms with Crippen molar-refractivity contribution in [1.29, 1.82) is 0 Å². The van der Waals surface area contributed by atoms with Crippen LogP contribution in [0.15, 0.2) is 42.9 Å². The summed E-state index contributed by atoms with van der Waals surface area (Å²) in [5.74, 6) is 1.11. The summed E-state index contributed by atoms with van der Waals surface area (Å²) >= 11 is 0. The van der Waals surface area contributed by atoms with Crippen LogP contribution in [-0.4, -0.2) is 21.1 Å². The lowest BCUT2D eigenvalue weighted by atomic mass is 10.1. The van der Waals surface area contributed by atoms with Gasteiger partial charge in [-0.25, -0.2) is 4.98 Å². The summed E-state index contributed by atoms with van der Waals surface area (Å²) in [6, 6.07) is 8.36. The van der Waals surface area contributed by atoms with E-state index < -0.39 is 0 Å². The SMILES string of the molecule is c1ccc2c(-c3cnc4n3CCNC4)cncc2c1. The van der Waals surface area contributed by atoms with Gasteiger partial charge in [-0.1, -0.05) is 24.3 Å². The molecule has 4 rings (SSSR count). The second-order valence-electron chi connectivity index (χ2n) is 4.80. The largest absolute Gasteiger partial charge is 0.326 e. The first-order chi connectivity index (χ1) is 9.43. The van der Waals surface area contributed by atoms with Crippen LogP contribution in [0.25, 0.3) is 22.0 Å². The molecule has 0 fully saturated rings. The van der Waals surface area contributed by atoms with Crippen molar-refractivity contribution in [3.05, 3.63) is 48.7 Å². The second kappa shape index (κ2) is 4.17. The van der Waals surface area contributed by atoms with Crippen LogP contribution in [0.3, 0.4) is 0 Å². The monoisotopic (exact) mass is 250 g/mol. The van der Waals surface area contributed by atoms with E-state index in [1.54, 1.807) is 0 Å². The number of nitrogens with one attached hydrogen (secondary N) is 1. The Morgan fingerprint density at radius 1 is 1.11 bits per heavy atom. The van der Waals surface area contributed by atoms with Crippen molar-refractivity contribution < 1.29 is 0 Å². The Morgan fingerprint density at radius 2 is 2.05 bits per heavy atom. The standard InChI is InChI=1S/C15H14N4/c1-2-4-12-11(3-1)7-17-8-13(12)14-9-18-15-10-16-5-6-19(14)15/h1-4,7-9,16H,5-6,10H2. The molecule has 0 amide bonds. The zero-order valence-corrected chi connectivity index (χ0v) is 10.5. The molecule has 19 heavy (non-hydrogen) atoms. The van der Waals surface area contributed by atoms with Gasteiger partial charge in [-0.3, -0.25) is 4.98 Å². The van der Waals surface area contributed by atoms with Gasteiger partial charge in [-0.05, 0) is 5.39 Å². The molecular formula is C15H14N4. The number of hydrogen-bond donors (Lipinski definition) is 1. The van der Waals surface area contributed by atoms with Crippen molar-refractivity contribution in [2.75, 3.05) is 6.54 Å². The molecule has 1 aliphatic rings. The number of hydrogen-bond acceptors (Lipinski definition) is 3. The molecule has 4 heteroatoms. The second-order valence-corrected chi connectivity index (χ2v) is 4.80. The Morgan fingerprint density at radius 3 is 3.05 bits per heavy atom.